The molecule has 1 aliphatic heterocycles. The van der Waals surface area contributed by atoms with Gasteiger partial charge in [-0.2, -0.15) is 4.31 Å². The van der Waals surface area contributed by atoms with Crippen LogP contribution in [0, 0.1) is 13.8 Å². The Morgan fingerprint density at radius 1 is 1.14 bits per heavy atom. The van der Waals surface area contributed by atoms with Gasteiger partial charge in [0.25, 0.3) is 0 Å². The molecule has 0 atom stereocenters. The summed E-state index contributed by atoms with van der Waals surface area (Å²) in [5.74, 6) is 0.926. The molecule has 0 amide bonds. The van der Waals surface area contributed by atoms with Crippen LogP contribution in [-0.4, -0.2) is 55.1 Å². The lowest BCUT2D eigenvalue weighted by Crippen LogP contribution is -2.48. The first-order valence-corrected chi connectivity index (χ1v) is 9.45. The number of nitrogens with zero attached hydrogens (tertiary/aromatic N) is 4. The zero-order chi connectivity index (χ0) is 15.2. The van der Waals surface area contributed by atoms with Crippen molar-refractivity contribution in [2.75, 3.05) is 37.3 Å². The number of anilines is 1. The molecule has 0 N–H and O–H groups in total. The van der Waals surface area contributed by atoms with Crippen LogP contribution in [0.5, 0.6) is 0 Å². The summed E-state index contributed by atoms with van der Waals surface area (Å²) in [6.07, 6.45) is 2.86. The van der Waals surface area contributed by atoms with Crippen molar-refractivity contribution in [3.63, 3.8) is 0 Å². The topological polar surface area (TPSA) is 66.4 Å². The van der Waals surface area contributed by atoms with Crippen molar-refractivity contribution >= 4 is 37.4 Å². The Hall–Kier alpha value is -1.25. The summed E-state index contributed by atoms with van der Waals surface area (Å²) in [5, 5.41) is 1.10. The van der Waals surface area contributed by atoms with Crippen molar-refractivity contribution < 1.29 is 8.42 Å². The highest BCUT2D eigenvalue weighted by Crippen LogP contribution is 2.34. The predicted molar refractivity (Wildman–Crippen MR) is 85.5 cm³/mol. The van der Waals surface area contributed by atoms with Crippen LogP contribution in [0.3, 0.4) is 0 Å². The number of rotatable bonds is 2. The second-order valence-corrected chi connectivity index (χ2v) is 8.50. The molecule has 21 heavy (non-hydrogen) atoms. The van der Waals surface area contributed by atoms with Gasteiger partial charge >= 0.3 is 0 Å². The van der Waals surface area contributed by atoms with Gasteiger partial charge in [0.15, 0.2) is 0 Å². The maximum Gasteiger partial charge on any atom is 0.211 e. The summed E-state index contributed by atoms with van der Waals surface area (Å²) in [7, 11) is -3.10. The highest BCUT2D eigenvalue weighted by Gasteiger charge is 2.26. The maximum atomic E-state index is 11.6. The summed E-state index contributed by atoms with van der Waals surface area (Å²) in [5.41, 5.74) is 1.22. The summed E-state index contributed by atoms with van der Waals surface area (Å²) in [6.45, 7) is 6.51. The minimum absolute atomic E-state index is 0.506. The van der Waals surface area contributed by atoms with Crippen LogP contribution in [0.25, 0.3) is 10.2 Å². The second-order valence-electron chi connectivity index (χ2n) is 5.31. The van der Waals surface area contributed by atoms with Gasteiger partial charge in [0, 0.05) is 31.1 Å². The quantitative estimate of drug-likeness (QED) is 0.834. The molecule has 0 bridgehead atoms. The molecule has 0 spiro atoms. The third kappa shape index (κ3) is 2.63. The van der Waals surface area contributed by atoms with E-state index in [1.54, 1.807) is 17.7 Å². The largest absolute Gasteiger partial charge is 0.353 e. The fourth-order valence-corrected chi connectivity index (χ4v) is 4.45. The average molecular weight is 326 g/mol. The van der Waals surface area contributed by atoms with Gasteiger partial charge in [0.05, 0.1) is 11.6 Å². The number of hydrogen-bond acceptors (Lipinski definition) is 6. The van der Waals surface area contributed by atoms with Crippen LogP contribution in [0.15, 0.2) is 6.33 Å². The number of fused-ring (bicyclic) bond motifs is 1. The van der Waals surface area contributed by atoms with Crippen LogP contribution in [0.1, 0.15) is 10.4 Å². The van der Waals surface area contributed by atoms with E-state index in [4.69, 9.17) is 0 Å². The Morgan fingerprint density at radius 3 is 2.43 bits per heavy atom. The molecule has 1 fully saturated rings. The van der Waals surface area contributed by atoms with E-state index in [2.05, 4.69) is 28.7 Å². The fraction of sp³-hybridized carbons (Fsp3) is 0.538. The lowest BCUT2D eigenvalue weighted by Gasteiger charge is -2.34. The molecule has 8 heteroatoms. The van der Waals surface area contributed by atoms with Crippen LogP contribution in [0.2, 0.25) is 0 Å². The Kier molecular flexibility index (Phi) is 3.62. The molecule has 0 saturated carbocycles. The van der Waals surface area contributed by atoms with Gasteiger partial charge in [-0.1, -0.05) is 0 Å². The monoisotopic (exact) mass is 326 g/mol. The maximum absolute atomic E-state index is 11.6. The average Bonchev–Trinajstić information content (AvgIpc) is 2.73. The highest BCUT2D eigenvalue weighted by molar-refractivity contribution is 7.88. The van der Waals surface area contributed by atoms with Crippen molar-refractivity contribution in [1.82, 2.24) is 14.3 Å². The van der Waals surface area contributed by atoms with Gasteiger partial charge in [-0.25, -0.2) is 18.4 Å². The van der Waals surface area contributed by atoms with Gasteiger partial charge in [-0.15, -0.1) is 11.3 Å². The van der Waals surface area contributed by atoms with E-state index in [9.17, 15) is 8.42 Å². The Morgan fingerprint density at radius 2 is 1.81 bits per heavy atom. The normalized spacial score (nSPS) is 17.6. The first-order chi connectivity index (χ1) is 9.88. The molecule has 114 valence electrons. The number of aryl methyl sites for hydroxylation is 2. The summed E-state index contributed by atoms with van der Waals surface area (Å²) in [6, 6.07) is 0. The minimum atomic E-state index is -3.10. The van der Waals surface area contributed by atoms with E-state index in [0.29, 0.717) is 26.2 Å². The van der Waals surface area contributed by atoms with E-state index >= 15 is 0 Å². The standard InChI is InChI=1S/C13H18N4O2S2/c1-9-10(2)20-13-11(9)12(14-8-15-13)16-4-6-17(7-5-16)21(3,18)19/h8H,4-7H2,1-3H3. The zero-order valence-electron chi connectivity index (χ0n) is 12.3. The van der Waals surface area contributed by atoms with E-state index in [1.165, 1.54) is 21.0 Å². The molecular weight excluding hydrogens is 308 g/mol. The number of aromatic nitrogens is 2. The summed E-state index contributed by atoms with van der Waals surface area (Å²) in [4.78, 5) is 13.2. The lowest BCUT2D eigenvalue weighted by atomic mass is 10.2. The molecule has 1 aliphatic rings. The van der Waals surface area contributed by atoms with Gasteiger partial charge in [0.1, 0.15) is 17.0 Å². The van der Waals surface area contributed by atoms with E-state index in [-0.39, 0.29) is 0 Å². The molecular formula is C13H18N4O2S2. The van der Waals surface area contributed by atoms with Crippen LogP contribution >= 0.6 is 11.3 Å². The van der Waals surface area contributed by atoms with E-state index in [1.807, 2.05) is 0 Å². The lowest BCUT2D eigenvalue weighted by molar-refractivity contribution is 0.387. The highest BCUT2D eigenvalue weighted by atomic mass is 32.2. The summed E-state index contributed by atoms with van der Waals surface area (Å²) >= 11 is 1.68. The molecule has 0 aromatic carbocycles. The molecule has 3 rings (SSSR count). The third-order valence-electron chi connectivity index (χ3n) is 3.95. The van der Waals surface area contributed by atoms with Gasteiger partial charge in [-0.3, -0.25) is 0 Å². The first-order valence-electron chi connectivity index (χ1n) is 6.78. The molecule has 2 aromatic rings. The molecule has 6 nitrogen and oxygen atoms in total. The van der Waals surface area contributed by atoms with Gasteiger partial charge in [-0.05, 0) is 19.4 Å². The van der Waals surface area contributed by atoms with Crippen LogP contribution < -0.4 is 4.90 Å². The Bertz CT molecular complexity index is 777. The smallest absolute Gasteiger partial charge is 0.211 e. The number of hydrogen-bond donors (Lipinski definition) is 0. The number of sulfonamides is 1. The molecule has 3 heterocycles. The van der Waals surface area contributed by atoms with E-state index in [0.717, 1.165) is 16.0 Å². The molecule has 0 aliphatic carbocycles. The van der Waals surface area contributed by atoms with Gasteiger partial charge in [0.2, 0.25) is 10.0 Å². The third-order valence-corrected chi connectivity index (χ3v) is 6.37. The number of piperazine rings is 1. The molecule has 0 unspecified atom stereocenters. The van der Waals surface area contributed by atoms with E-state index < -0.39 is 10.0 Å². The van der Waals surface area contributed by atoms with Gasteiger partial charge < -0.3 is 4.90 Å². The minimum Gasteiger partial charge on any atom is -0.353 e. The summed E-state index contributed by atoms with van der Waals surface area (Å²) < 4.78 is 24.7. The molecule has 0 radical (unpaired) electrons. The Labute approximate surface area is 128 Å². The van der Waals surface area contributed by atoms with Crippen molar-refractivity contribution in [3.8, 4) is 0 Å². The zero-order valence-corrected chi connectivity index (χ0v) is 14.0. The SMILES string of the molecule is Cc1sc2ncnc(N3CCN(S(C)(=O)=O)CC3)c2c1C. The van der Waals surface area contributed by atoms with Crippen molar-refractivity contribution in [3.05, 3.63) is 16.8 Å². The predicted octanol–water partition coefficient (Wildman–Crippen LogP) is 1.39. The fourth-order valence-electron chi connectivity index (χ4n) is 2.64. The van der Waals surface area contributed by atoms with Crippen molar-refractivity contribution in [1.29, 1.82) is 0 Å². The Balaban J connectivity index is 1.93. The number of thiophene rings is 1. The molecule has 1 saturated heterocycles. The molecule has 2 aromatic heterocycles. The van der Waals surface area contributed by atoms with Crippen LogP contribution in [-0.2, 0) is 10.0 Å². The first kappa shape index (κ1) is 14.7. The van der Waals surface area contributed by atoms with Crippen molar-refractivity contribution in [2.24, 2.45) is 0 Å². The van der Waals surface area contributed by atoms with Crippen molar-refractivity contribution in [2.45, 2.75) is 13.8 Å². The second kappa shape index (κ2) is 5.19. The van der Waals surface area contributed by atoms with Crippen LogP contribution in [0.4, 0.5) is 5.82 Å².